The quantitative estimate of drug-likeness (QED) is 0.877. The van der Waals surface area contributed by atoms with Crippen LogP contribution in [0.2, 0.25) is 5.02 Å². The van der Waals surface area contributed by atoms with E-state index < -0.39 is 0 Å². The maximum atomic E-state index is 6.07. The average Bonchev–Trinajstić information content (AvgIpc) is 2.42. The van der Waals surface area contributed by atoms with Crippen molar-refractivity contribution in [1.29, 1.82) is 0 Å². The van der Waals surface area contributed by atoms with Crippen molar-refractivity contribution in [2.75, 3.05) is 19.5 Å². The topological polar surface area (TPSA) is 59.1 Å². The fourth-order valence-electron chi connectivity index (χ4n) is 2.27. The lowest BCUT2D eigenvalue weighted by Gasteiger charge is -2.29. The number of hydrogen-bond acceptors (Lipinski definition) is 5. The lowest BCUT2D eigenvalue weighted by Crippen LogP contribution is -2.35. The predicted octanol–water partition coefficient (Wildman–Crippen LogP) is 2.08. The minimum Gasteiger partial charge on any atom is -0.467 e. The zero-order valence-corrected chi connectivity index (χ0v) is 11.5. The third-order valence-corrected chi connectivity index (χ3v) is 3.66. The molecular weight excluding hydrogens is 252 g/mol. The Morgan fingerprint density at radius 2 is 1.94 bits per heavy atom. The Morgan fingerprint density at radius 3 is 2.56 bits per heavy atom. The number of methoxy groups -OCH3 is 1. The van der Waals surface area contributed by atoms with E-state index in [9.17, 15) is 0 Å². The highest BCUT2D eigenvalue weighted by molar-refractivity contribution is 6.32. The molecule has 0 radical (unpaired) electrons. The second kappa shape index (κ2) is 6.20. The van der Waals surface area contributed by atoms with Crippen LogP contribution in [0, 0.1) is 0 Å². The van der Waals surface area contributed by atoms with E-state index in [0.717, 1.165) is 12.8 Å². The number of hydrogen-bond donors (Lipinski definition) is 2. The highest BCUT2D eigenvalue weighted by Crippen LogP contribution is 2.25. The van der Waals surface area contributed by atoms with Gasteiger partial charge in [-0.05, 0) is 32.7 Å². The van der Waals surface area contributed by atoms with Crippen molar-refractivity contribution in [3.05, 3.63) is 11.2 Å². The zero-order valence-electron chi connectivity index (χ0n) is 10.7. The van der Waals surface area contributed by atoms with Gasteiger partial charge in [0.15, 0.2) is 5.82 Å². The lowest BCUT2D eigenvalue weighted by atomic mass is 9.91. The van der Waals surface area contributed by atoms with Crippen molar-refractivity contribution in [2.24, 2.45) is 0 Å². The van der Waals surface area contributed by atoms with Gasteiger partial charge in [0.1, 0.15) is 5.02 Å². The number of anilines is 1. The van der Waals surface area contributed by atoms with Crippen LogP contribution in [-0.2, 0) is 0 Å². The molecule has 0 atom stereocenters. The van der Waals surface area contributed by atoms with Gasteiger partial charge in [-0.15, -0.1) is 0 Å². The molecule has 5 nitrogen and oxygen atoms in total. The summed E-state index contributed by atoms with van der Waals surface area (Å²) in [5, 5.41) is 7.23. The van der Waals surface area contributed by atoms with Crippen LogP contribution in [0.15, 0.2) is 6.20 Å². The summed E-state index contributed by atoms with van der Waals surface area (Å²) in [6, 6.07) is 1.40. The molecule has 6 heteroatoms. The van der Waals surface area contributed by atoms with Crippen molar-refractivity contribution in [1.82, 2.24) is 15.3 Å². The number of nitrogens with one attached hydrogen (secondary N) is 2. The number of rotatable bonds is 4. The first-order valence-electron chi connectivity index (χ1n) is 6.23. The van der Waals surface area contributed by atoms with Gasteiger partial charge in [0.05, 0.1) is 13.3 Å². The molecule has 100 valence electrons. The van der Waals surface area contributed by atoms with Gasteiger partial charge in [-0.2, -0.15) is 4.98 Å². The largest absolute Gasteiger partial charge is 0.467 e. The summed E-state index contributed by atoms with van der Waals surface area (Å²) in [6.07, 6.45) is 6.15. The van der Waals surface area contributed by atoms with Gasteiger partial charge in [-0.1, -0.05) is 11.6 Å². The van der Waals surface area contributed by atoms with E-state index in [1.807, 2.05) is 7.05 Å². The number of nitrogens with zero attached hydrogens (tertiary/aromatic N) is 2. The molecule has 1 aliphatic rings. The summed E-state index contributed by atoms with van der Waals surface area (Å²) in [7, 11) is 3.57. The summed E-state index contributed by atoms with van der Waals surface area (Å²) >= 11 is 6.07. The first kappa shape index (κ1) is 13.4. The first-order valence-corrected chi connectivity index (χ1v) is 6.61. The Hall–Kier alpha value is -1.07. The van der Waals surface area contributed by atoms with E-state index in [1.165, 1.54) is 12.8 Å². The van der Waals surface area contributed by atoms with Crippen molar-refractivity contribution in [3.63, 3.8) is 0 Å². The molecule has 2 rings (SSSR count). The molecule has 2 N–H and O–H groups in total. The van der Waals surface area contributed by atoms with Gasteiger partial charge < -0.3 is 15.4 Å². The molecule has 1 heterocycles. The third kappa shape index (κ3) is 3.23. The second-order valence-electron chi connectivity index (χ2n) is 4.53. The molecule has 1 aromatic heterocycles. The summed E-state index contributed by atoms with van der Waals surface area (Å²) < 4.78 is 5.00. The molecule has 1 aromatic rings. The number of halogens is 1. The molecule has 0 aromatic carbocycles. The normalized spacial score (nSPS) is 23.7. The summed E-state index contributed by atoms with van der Waals surface area (Å²) in [6.45, 7) is 0. The van der Waals surface area contributed by atoms with Crippen LogP contribution < -0.4 is 15.4 Å². The fourth-order valence-corrected chi connectivity index (χ4v) is 2.42. The average molecular weight is 271 g/mol. The number of aromatic nitrogens is 2. The van der Waals surface area contributed by atoms with Gasteiger partial charge in [-0.25, -0.2) is 4.98 Å². The molecular formula is C12H19ClN4O. The second-order valence-corrected chi connectivity index (χ2v) is 4.94. The van der Waals surface area contributed by atoms with Crippen LogP contribution >= 0.6 is 11.6 Å². The molecule has 0 saturated heterocycles. The van der Waals surface area contributed by atoms with E-state index >= 15 is 0 Å². The number of ether oxygens (including phenoxy) is 1. The Labute approximate surface area is 112 Å². The van der Waals surface area contributed by atoms with Crippen LogP contribution in [-0.4, -0.2) is 36.2 Å². The van der Waals surface area contributed by atoms with Crippen LogP contribution in [0.1, 0.15) is 25.7 Å². The fraction of sp³-hybridized carbons (Fsp3) is 0.667. The lowest BCUT2D eigenvalue weighted by molar-refractivity contribution is 0.368. The summed E-state index contributed by atoms with van der Waals surface area (Å²) in [5.41, 5.74) is 0. The van der Waals surface area contributed by atoms with Gasteiger partial charge in [0, 0.05) is 12.1 Å². The van der Waals surface area contributed by atoms with E-state index in [-0.39, 0.29) is 0 Å². The van der Waals surface area contributed by atoms with Crippen LogP contribution in [0.3, 0.4) is 0 Å². The smallest absolute Gasteiger partial charge is 0.318 e. The van der Waals surface area contributed by atoms with Crippen LogP contribution in [0.5, 0.6) is 6.01 Å². The van der Waals surface area contributed by atoms with Crippen LogP contribution in [0.4, 0.5) is 5.82 Å². The predicted molar refractivity (Wildman–Crippen MR) is 72.3 cm³/mol. The summed E-state index contributed by atoms with van der Waals surface area (Å²) in [5.74, 6) is 0.663. The highest BCUT2D eigenvalue weighted by atomic mass is 35.5. The highest BCUT2D eigenvalue weighted by Gasteiger charge is 2.21. The van der Waals surface area contributed by atoms with Gasteiger partial charge in [0.25, 0.3) is 0 Å². The molecule has 0 unspecified atom stereocenters. The SMILES string of the molecule is CNC1CCC(Nc2nc(OC)ncc2Cl)CC1. The van der Waals surface area contributed by atoms with E-state index in [0.29, 0.717) is 28.9 Å². The maximum Gasteiger partial charge on any atom is 0.318 e. The Balaban J connectivity index is 1.97. The van der Waals surface area contributed by atoms with Gasteiger partial charge >= 0.3 is 6.01 Å². The Morgan fingerprint density at radius 1 is 1.28 bits per heavy atom. The molecule has 0 spiro atoms. The minimum atomic E-state index is 0.339. The van der Waals surface area contributed by atoms with Gasteiger partial charge in [0.2, 0.25) is 0 Å². The maximum absolute atomic E-state index is 6.07. The van der Waals surface area contributed by atoms with Crippen LogP contribution in [0.25, 0.3) is 0 Å². The standard InChI is InChI=1S/C12H19ClN4O/c1-14-8-3-5-9(6-4-8)16-11-10(13)7-15-12(17-11)18-2/h7-9,14H,3-6H2,1-2H3,(H,15,16,17). The van der Waals surface area contributed by atoms with Gasteiger partial charge in [-0.3, -0.25) is 0 Å². The van der Waals surface area contributed by atoms with Crippen molar-refractivity contribution >= 4 is 17.4 Å². The molecule has 1 saturated carbocycles. The monoisotopic (exact) mass is 270 g/mol. The van der Waals surface area contributed by atoms with Crippen molar-refractivity contribution in [3.8, 4) is 6.01 Å². The molecule has 1 fully saturated rings. The van der Waals surface area contributed by atoms with E-state index in [1.54, 1.807) is 13.3 Å². The molecule has 0 bridgehead atoms. The molecule has 18 heavy (non-hydrogen) atoms. The Kier molecular flexibility index (Phi) is 4.60. The Bertz CT molecular complexity index is 394. The van der Waals surface area contributed by atoms with E-state index in [2.05, 4.69) is 20.6 Å². The third-order valence-electron chi connectivity index (χ3n) is 3.38. The minimum absolute atomic E-state index is 0.339. The van der Waals surface area contributed by atoms with Crippen molar-refractivity contribution in [2.45, 2.75) is 37.8 Å². The molecule has 0 aliphatic heterocycles. The molecule has 1 aliphatic carbocycles. The zero-order chi connectivity index (χ0) is 13.0. The summed E-state index contributed by atoms with van der Waals surface area (Å²) in [4.78, 5) is 8.19. The van der Waals surface area contributed by atoms with E-state index in [4.69, 9.17) is 16.3 Å². The molecule has 0 amide bonds. The van der Waals surface area contributed by atoms with Crippen molar-refractivity contribution < 1.29 is 4.74 Å². The first-order chi connectivity index (χ1) is 8.72.